The predicted molar refractivity (Wildman–Crippen MR) is 77.6 cm³/mol. The topological polar surface area (TPSA) is 62.0 Å². The first-order valence-electron chi connectivity index (χ1n) is 6.39. The third kappa shape index (κ3) is 1.87. The van der Waals surface area contributed by atoms with Gasteiger partial charge >= 0.3 is 0 Å². The molecule has 3 aromatic rings. The van der Waals surface area contributed by atoms with Crippen molar-refractivity contribution < 1.29 is 4.57 Å². The van der Waals surface area contributed by atoms with Crippen LogP contribution in [0.2, 0.25) is 0 Å². The van der Waals surface area contributed by atoms with E-state index < -0.39 is 0 Å². The normalized spacial score (nSPS) is 10.9. The lowest BCUT2D eigenvalue weighted by atomic mass is 10.0. The van der Waals surface area contributed by atoms with E-state index in [1.165, 1.54) is 0 Å². The molecule has 0 atom stereocenters. The summed E-state index contributed by atoms with van der Waals surface area (Å²) in [6.45, 7) is 3.92. The Bertz CT molecular complexity index is 820. The quantitative estimate of drug-likeness (QED) is 0.573. The smallest absolute Gasteiger partial charge is 0.251 e. The summed E-state index contributed by atoms with van der Waals surface area (Å²) in [5.74, 6) is 1.03. The number of benzene rings is 1. The largest absolute Gasteiger partial charge is 0.262 e. The molecule has 5 heteroatoms. The molecule has 0 unspecified atom stereocenters. The predicted octanol–water partition coefficient (Wildman–Crippen LogP) is 3.07. The Hall–Kier alpha value is -2.56. The van der Waals surface area contributed by atoms with E-state index in [2.05, 4.69) is 15.1 Å². The molecule has 0 aliphatic heterocycles. The number of pyridine rings is 1. The van der Waals surface area contributed by atoms with E-state index in [0.717, 1.165) is 33.7 Å². The average molecular weight is 267 g/mol. The SMILES string of the molecule is Cc1cc(-c2cc3[nH]c(C)[n+](C)c3cc2N=O)ccn1. The third-order valence-electron chi connectivity index (χ3n) is 3.60. The fraction of sp³-hybridized carbons (Fsp3) is 0.200. The van der Waals surface area contributed by atoms with Crippen LogP contribution >= 0.6 is 0 Å². The first kappa shape index (κ1) is 12.5. The number of aromatic amines is 1. The van der Waals surface area contributed by atoms with Crippen molar-refractivity contribution in [2.24, 2.45) is 12.2 Å². The van der Waals surface area contributed by atoms with Gasteiger partial charge in [0.25, 0.3) is 5.82 Å². The lowest BCUT2D eigenvalue weighted by molar-refractivity contribution is -0.651. The molecule has 1 N–H and O–H groups in total. The number of aryl methyl sites for hydroxylation is 3. The van der Waals surface area contributed by atoms with Crippen molar-refractivity contribution in [1.29, 1.82) is 0 Å². The molecule has 3 rings (SSSR count). The van der Waals surface area contributed by atoms with Gasteiger partial charge in [-0.2, -0.15) is 0 Å². The van der Waals surface area contributed by atoms with Crippen LogP contribution in [-0.4, -0.2) is 9.97 Å². The van der Waals surface area contributed by atoms with Crippen molar-refractivity contribution >= 4 is 16.7 Å². The molecule has 2 aromatic heterocycles. The molecular formula is C15H15N4O+. The minimum atomic E-state index is 0.442. The highest BCUT2D eigenvalue weighted by Gasteiger charge is 2.16. The molecule has 5 nitrogen and oxygen atoms in total. The molecule has 100 valence electrons. The van der Waals surface area contributed by atoms with E-state index in [9.17, 15) is 4.91 Å². The van der Waals surface area contributed by atoms with Crippen LogP contribution in [0.1, 0.15) is 11.5 Å². The summed E-state index contributed by atoms with van der Waals surface area (Å²) in [5.41, 5.74) is 5.07. The van der Waals surface area contributed by atoms with Crippen LogP contribution < -0.4 is 4.57 Å². The Kier molecular flexibility index (Phi) is 2.82. The number of nitroso groups, excluding NO2 is 1. The van der Waals surface area contributed by atoms with E-state index in [-0.39, 0.29) is 0 Å². The number of hydrogen-bond donors (Lipinski definition) is 1. The lowest BCUT2D eigenvalue weighted by Gasteiger charge is -2.04. The maximum absolute atomic E-state index is 11.2. The number of rotatable bonds is 2. The van der Waals surface area contributed by atoms with Gasteiger partial charge in [0.15, 0.2) is 11.0 Å². The van der Waals surface area contributed by atoms with Gasteiger partial charge in [0.05, 0.1) is 7.05 Å². The highest BCUT2D eigenvalue weighted by Crippen LogP contribution is 2.33. The molecular weight excluding hydrogens is 252 g/mol. The fourth-order valence-electron chi connectivity index (χ4n) is 2.43. The van der Waals surface area contributed by atoms with E-state index in [1.807, 2.05) is 49.7 Å². The first-order chi connectivity index (χ1) is 9.60. The molecule has 0 saturated carbocycles. The third-order valence-corrected chi connectivity index (χ3v) is 3.60. The van der Waals surface area contributed by atoms with Crippen molar-refractivity contribution in [1.82, 2.24) is 9.97 Å². The standard InChI is InChI=1S/C15H14N4O/c1-9-6-11(4-5-16-9)12-7-14-15(8-13(12)18-20)19(3)10(2)17-14/h4-8H,1-3H3/p+1. The van der Waals surface area contributed by atoms with Gasteiger partial charge in [0.1, 0.15) is 5.69 Å². The van der Waals surface area contributed by atoms with E-state index in [0.29, 0.717) is 5.69 Å². The molecule has 0 aliphatic carbocycles. The summed E-state index contributed by atoms with van der Waals surface area (Å²) >= 11 is 0. The maximum Gasteiger partial charge on any atom is 0.251 e. The van der Waals surface area contributed by atoms with Crippen LogP contribution in [0.15, 0.2) is 35.6 Å². The lowest BCUT2D eigenvalue weighted by Crippen LogP contribution is -2.29. The molecule has 0 bridgehead atoms. The van der Waals surface area contributed by atoms with Crippen molar-refractivity contribution in [2.45, 2.75) is 13.8 Å². The van der Waals surface area contributed by atoms with Crippen LogP contribution in [0.5, 0.6) is 0 Å². The first-order valence-corrected chi connectivity index (χ1v) is 6.39. The van der Waals surface area contributed by atoms with Gasteiger partial charge in [-0.15, -0.1) is 4.91 Å². The van der Waals surface area contributed by atoms with Crippen molar-refractivity contribution in [2.75, 3.05) is 0 Å². The number of fused-ring (bicyclic) bond motifs is 1. The highest BCUT2D eigenvalue weighted by molar-refractivity contribution is 5.88. The fourth-order valence-corrected chi connectivity index (χ4v) is 2.43. The van der Waals surface area contributed by atoms with Crippen molar-refractivity contribution in [3.05, 3.63) is 46.9 Å². The molecule has 2 heterocycles. The number of imidazole rings is 1. The molecule has 0 aliphatic rings. The minimum Gasteiger partial charge on any atom is -0.262 e. The van der Waals surface area contributed by atoms with Crippen LogP contribution in [-0.2, 0) is 7.05 Å². The van der Waals surface area contributed by atoms with Gasteiger partial charge < -0.3 is 0 Å². The molecule has 0 saturated heterocycles. The maximum atomic E-state index is 11.2. The van der Waals surface area contributed by atoms with Gasteiger partial charge in [0.2, 0.25) is 0 Å². The summed E-state index contributed by atoms with van der Waals surface area (Å²) in [6, 6.07) is 7.62. The van der Waals surface area contributed by atoms with Gasteiger partial charge in [-0.25, -0.2) is 9.55 Å². The van der Waals surface area contributed by atoms with Crippen molar-refractivity contribution in [3.63, 3.8) is 0 Å². The Labute approximate surface area is 116 Å². The number of hydrogen-bond acceptors (Lipinski definition) is 3. The van der Waals surface area contributed by atoms with Crippen LogP contribution in [0.25, 0.3) is 22.2 Å². The molecule has 0 spiro atoms. The zero-order chi connectivity index (χ0) is 14.3. The number of nitrogens with one attached hydrogen (secondary N) is 1. The molecule has 1 aromatic carbocycles. The summed E-state index contributed by atoms with van der Waals surface area (Å²) in [5, 5.41) is 3.18. The highest BCUT2D eigenvalue weighted by atomic mass is 16.3. The number of H-pyrrole nitrogens is 1. The minimum absolute atomic E-state index is 0.442. The molecule has 0 fully saturated rings. The van der Waals surface area contributed by atoms with Gasteiger partial charge in [-0.05, 0) is 35.9 Å². The summed E-state index contributed by atoms with van der Waals surface area (Å²) in [6.07, 6.45) is 1.74. The van der Waals surface area contributed by atoms with E-state index >= 15 is 0 Å². The zero-order valence-corrected chi connectivity index (χ0v) is 11.6. The molecule has 20 heavy (non-hydrogen) atoms. The number of nitrogens with zero attached hydrogens (tertiary/aromatic N) is 3. The summed E-state index contributed by atoms with van der Waals surface area (Å²) in [7, 11) is 1.96. The second-order valence-electron chi connectivity index (χ2n) is 4.93. The van der Waals surface area contributed by atoms with E-state index in [4.69, 9.17) is 0 Å². The van der Waals surface area contributed by atoms with Gasteiger partial charge in [-0.3, -0.25) is 4.98 Å². The van der Waals surface area contributed by atoms with Gasteiger partial charge in [0, 0.05) is 30.4 Å². The number of aromatic nitrogens is 3. The van der Waals surface area contributed by atoms with E-state index in [1.54, 1.807) is 6.20 Å². The summed E-state index contributed by atoms with van der Waals surface area (Å²) < 4.78 is 2.01. The Morgan fingerprint density at radius 2 is 2.05 bits per heavy atom. The monoisotopic (exact) mass is 267 g/mol. The Morgan fingerprint density at radius 3 is 2.75 bits per heavy atom. The van der Waals surface area contributed by atoms with Crippen LogP contribution in [0, 0.1) is 18.8 Å². The zero-order valence-electron chi connectivity index (χ0n) is 11.6. The Balaban J connectivity index is 2.32. The average Bonchev–Trinajstić information content (AvgIpc) is 2.72. The second-order valence-corrected chi connectivity index (χ2v) is 4.93. The second kappa shape index (κ2) is 4.52. The molecule has 0 amide bonds. The molecule has 0 radical (unpaired) electrons. The van der Waals surface area contributed by atoms with Crippen molar-refractivity contribution in [3.8, 4) is 11.1 Å². The van der Waals surface area contributed by atoms with Crippen LogP contribution in [0.3, 0.4) is 0 Å². The summed E-state index contributed by atoms with van der Waals surface area (Å²) in [4.78, 5) is 18.6. The van der Waals surface area contributed by atoms with Crippen LogP contribution in [0.4, 0.5) is 5.69 Å². The van der Waals surface area contributed by atoms with Gasteiger partial charge in [-0.1, -0.05) is 0 Å². The Morgan fingerprint density at radius 1 is 1.25 bits per heavy atom.